The molecule has 0 saturated carbocycles. The molecule has 24 heavy (non-hydrogen) atoms. The lowest BCUT2D eigenvalue weighted by atomic mass is 10.1. The number of aromatic carboxylic acids is 1. The largest absolute Gasteiger partial charge is 0.486 e. The van der Waals surface area contributed by atoms with Crippen molar-refractivity contribution in [3.8, 4) is 5.75 Å². The van der Waals surface area contributed by atoms with Crippen molar-refractivity contribution in [1.82, 2.24) is 0 Å². The van der Waals surface area contributed by atoms with E-state index in [0.717, 1.165) is 0 Å². The van der Waals surface area contributed by atoms with Crippen LogP contribution in [0.2, 0.25) is 0 Å². The summed E-state index contributed by atoms with van der Waals surface area (Å²) in [6.45, 7) is 1.67. The molecule has 0 aliphatic carbocycles. The number of carboxylic acid groups (broad SMARTS) is 1. The monoisotopic (exact) mass is 395 g/mol. The van der Waals surface area contributed by atoms with Crippen LogP contribution >= 0.6 is 15.9 Å². The number of carbonyl (C=O) groups excluding carboxylic acids is 1. The minimum Gasteiger partial charge on any atom is -0.486 e. The molecule has 5 nitrogen and oxygen atoms in total. The Labute approximate surface area is 146 Å². The summed E-state index contributed by atoms with van der Waals surface area (Å²) in [6, 6.07) is 8.91. The van der Waals surface area contributed by atoms with Gasteiger partial charge in [0.25, 0.3) is 0 Å². The summed E-state index contributed by atoms with van der Waals surface area (Å²) in [5.74, 6) is -1.90. The van der Waals surface area contributed by atoms with Gasteiger partial charge < -0.3 is 15.2 Å². The molecule has 0 saturated heterocycles. The van der Waals surface area contributed by atoms with E-state index in [4.69, 9.17) is 4.74 Å². The Morgan fingerprint density at radius 2 is 2.00 bits per heavy atom. The first-order valence-electron chi connectivity index (χ1n) is 7.14. The van der Waals surface area contributed by atoms with E-state index in [9.17, 15) is 19.1 Å². The molecule has 2 N–H and O–H groups in total. The van der Waals surface area contributed by atoms with E-state index in [1.807, 2.05) is 0 Å². The summed E-state index contributed by atoms with van der Waals surface area (Å²) in [5.41, 5.74) is 0.714. The molecule has 0 bridgehead atoms. The van der Waals surface area contributed by atoms with Crippen molar-refractivity contribution in [2.24, 2.45) is 0 Å². The third kappa shape index (κ3) is 4.55. The highest BCUT2D eigenvalue weighted by Gasteiger charge is 2.13. The van der Waals surface area contributed by atoms with Crippen LogP contribution in [0, 0.1) is 5.82 Å². The molecule has 2 rings (SSSR count). The number of amides is 1. The number of rotatable bonds is 6. The van der Waals surface area contributed by atoms with Crippen LogP contribution in [0.3, 0.4) is 0 Å². The van der Waals surface area contributed by atoms with Gasteiger partial charge in [0.1, 0.15) is 6.61 Å². The maximum absolute atomic E-state index is 13.7. The fraction of sp³-hybridized carbons (Fsp3) is 0.176. The number of nitrogens with one attached hydrogen (secondary N) is 1. The van der Waals surface area contributed by atoms with Crippen LogP contribution in [0.1, 0.15) is 29.3 Å². The van der Waals surface area contributed by atoms with Gasteiger partial charge in [-0.3, -0.25) is 4.79 Å². The SMILES string of the molecule is CCC(=O)Nc1ccc(COc2ccc(Br)cc2F)cc1C(=O)O. The van der Waals surface area contributed by atoms with Crippen molar-refractivity contribution in [3.05, 3.63) is 57.8 Å². The molecule has 0 aliphatic rings. The van der Waals surface area contributed by atoms with E-state index in [0.29, 0.717) is 10.0 Å². The van der Waals surface area contributed by atoms with Crippen LogP contribution in [0.25, 0.3) is 0 Å². The van der Waals surface area contributed by atoms with Crippen LogP contribution in [0.5, 0.6) is 5.75 Å². The number of carbonyl (C=O) groups is 2. The Morgan fingerprint density at radius 3 is 2.62 bits per heavy atom. The third-order valence-electron chi connectivity index (χ3n) is 3.20. The predicted octanol–water partition coefficient (Wildman–Crippen LogP) is 4.21. The highest BCUT2D eigenvalue weighted by Crippen LogP contribution is 2.23. The van der Waals surface area contributed by atoms with E-state index < -0.39 is 11.8 Å². The molecule has 126 valence electrons. The summed E-state index contributed by atoms with van der Waals surface area (Å²) in [7, 11) is 0. The molecule has 0 radical (unpaired) electrons. The summed E-state index contributed by atoms with van der Waals surface area (Å²) in [4.78, 5) is 22.8. The second kappa shape index (κ2) is 7.92. The maximum Gasteiger partial charge on any atom is 0.337 e. The third-order valence-corrected chi connectivity index (χ3v) is 3.69. The van der Waals surface area contributed by atoms with Crippen molar-refractivity contribution in [2.45, 2.75) is 20.0 Å². The van der Waals surface area contributed by atoms with Gasteiger partial charge in [0.15, 0.2) is 11.6 Å². The van der Waals surface area contributed by atoms with Gasteiger partial charge in [-0.05, 0) is 35.9 Å². The fourth-order valence-electron chi connectivity index (χ4n) is 1.96. The standard InChI is InChI=1S/C17H15BrFNO4/c1-2-16(21)20-14-5-3-10(7-12(14)17(22)23)9-24-15-6-4-11(18)8-13(15)19/h3-8H,2,9H2,1H3,(H,20,21)(H,22,23). The second-order valence-corrected chi connectivity index (χ2v) is 5.87. The highest BCUT2D eigenvalue weighted by atomic mass is 79.9. The molecule has 2 aromatic carbocycles. The van der Waals surface area contributed by atoms with Gasteiger partial charge in [-0.2, -0.15) is 0 Å². The molecule has 2 aromatic rings. The van der Waals surface area contributed by atoms with Crippen LogP contribution < -0.4 is 10.1 Å². The van der Waals surface area contributed by atoms with Gasteiger partial charge in [-0.25, -0.2) is 9.18 Å². The Balaban J connectivity index is 2.17. The van der Waals surface area contributed by atoms with Crippen molar-refractivity contribution < 1.29 is 23.8 Å². The number of halogens is 2. The lowest BCUT2D eigenvalue weighted by molar-refractivity contribution is -0.115. The highest BCUT2D eigenvalue weighted by molar-refractivity contribution is 9.10. The molecule has 0 aliphatic heterocycles. The summed E-state index contributed by atoms with van der Waals surface area (Å²) in [5, 5.41) is 11.8. The molecule has 0 atom stereocenters. The van der Waals surface area contributed by atoms with E-state index in [1.165, 1.54) is 24.3 Å². The number of benzene rings is 2. The molecule has 7 heteroatoms. The van der Waals surface area contributed by atoms with Gasteiger partial charge in [-0.15, -0.1) is 0 Å². The Hall–Kier alpha value is -2.41. The number of carboxylic acids is 1. The zero-order valence-electron chi connectivity index (χ0n) is 12.8. The van der Waals surface area contributed by atoms with Crippen molar-refractivity contribution in [2.75, 3.05) is 5.32 Å². The molecular formula is C17H15BrFNO4. The normalized spacial score (nSPS) is 10.3. The van der Waals surface area contributed by atoms with E-state index in [-0.39, 0.29) is 35.9 Å². The van der Waals surface area contributed by atoms with Gasteiger partial charge in [-0.1, -0.05) is 28.9 Å². The number of ether oxygens (including phenoxy) is 1. The first-order valence-corrected chi connectivity index (χ1v) is 7.94. The average molecular weight is 396 g/mol. The Morgan fingerprint density at radius 1 is 1.25 bits per heavy atom. The number of anilines is 1. The van der Waals surface area contributed by atoms with Gasteiger partial charge in [0.2, 0.25) is 5.91 Å². The lowest BCUT2D eigenvalue weighted by Crippen LogP contribution is -2.13. The first-order chi connectivity index (χ1) is 11.4. The molecular weight excluding hydrogens is 381 g/mol. The minimum atomic E-state index is -1.17. The van der Waals surface area contributed by atoms with Crippen LogP contribution in [-0.4, -0.2) is 17.0 Å². The number of hydrogen-bond donors (Lipinski definition) is 2. The van der Waals surface area contributed by atoms with Crippen molar-refractivity contribution in [1.29, 1.82) is 0 Å². The molecule has 0 unspecified atom stereocenters. The number of hydrogen-bond acceptors (Lipinski definition) is 3. The van der Waals surface area contributed by atoms with Gasteiger partial charge in [0, 0.05) is 10.9 Å². The summed E-state index contributed by atoms with van der Waals surface area (Å²) < 4.78 is 19.7. The molecule has 1 amide bonds. The van der Waals surface area contributed by atoms with Crippen molar-refractivity contribution >= 4 is 33.5 Å². The van der Waals surface area contributed by atoms with E-state index >= 15 is 0 Å². The fourth-order valence-corrected chi connectivity index (χ4v) is 2.29. The minimum absolute atomic E-state index is 0.000830. The van der Waals surface area contributed by atoms with Gasteiger partial charge in [0.05, 0.1) is 11.3 Å². The molecule has 0 aromatic heterocycles. The summed E-state index contributed by atoms with van der Waals surface area (Å²) in [6.07, 6.45) is 0.243. The average Bonchev–Trinajstić information content (AvgIpc) is 2.54. The first kappa shape index (κ1) is 17.9. The molecule has 0 heterocycles. The van der Waals surface area contributed by atoms with Crippen LogP contribution in [0.15, 0.2) is 40.9 Å². The lowest BCUT2D eigenvalue weighted by Gasteiger charge is -2.11. The second-order valence-electron chi connectivity index (χ2n) is 4.95. The van der Waals surface area contributed by atoms with Crippen molar-refractivity contribution in [3.63, 3.8) is 0 Å². The summed E-state index contributed by atoms with van der Waals surface area (Å²) >= 11 is 3.16. The smallest absolute Gasteiger partial charge is 0.337 e. The Bertz CT molecular complexity index is 779. The zero-order chi connectivity index (χ0) is 17.7. The molecule has 0 fully saturated rings. The zero-order valence-corrected chi connectivity index (χ0v) is 14.4. The quantitative estimate of drug-likeness (QED) is 0.767. The maximum atomic E-state index is 13.7. The van der Waals surface area contributed by atoms with Crippen LogP contribution in [0.4, 0.5) is 10.1 Å². The van der Waals surface area contributed by atoms with Gasteiger partial charge >= 0.3 is 5.97 Å². The molecule has 0 spiro atoms. The predicted molar refractivity (Wildman–Crippen MR) is 90.8 cm³/mol. The van der Waals surface area contributed by atoms with E-state index in [1.54, 1.807) is 19.1 Å². The van der Waals surface area contributed by atoms with Crippen LogP contribution in [-0.2, 0) is 11.4 Å². The van der Waals surface area contributed by atoms with E-state index in [2.05, 4.69) is 21.2 Å². The topological polar surface area (TPSA) is 75.6 Å². The Kier molecular flexibility index (Phi) is 5.92.